The average molecular weight is 406 g/mol. The lowest BCUT2D eigenvalue weighted by atomic mass is 10.2. The van der Waals surface area contributed by atoms with E-state index in [0.29, 0.717) is 22.1 Å². The van der Waals surface area contributed by atoms with Gasteiger partial charge in [0.15, 0.2) is 17.4 Å². The molecular weight excluding hydrogens is 389 g/mol. The molecule has 3 rings (SSSR count). The van der Waals surface area contributed by atoms with E-state index in [-0.39, 0.29) is 24.8 Å². The van der Waals surface area contributed by atoms with E-state index in [9.17, 15) is 9.18 Å². The van der Waals surface area contributed by atoms with Crippen molar-refractivity contribution in [3.05, 3.63) is 53.2 Å². The van der Waals surface area contributed by atoms with Crippen LogP contribution in [0.5, 0.6) is 5.75 Å². The van der Waals surface area contributed by atoms with Crippen molar-refractivity contribution in [3.8, 4) is 5.75 Å². The Morgan fingerprint density at radius 3 is 2.96 bits per heavy atom. The molecule has 11 heteroatoms. The van der Waals surface area contributed by atoms with Crippen LogP contribution in [0.3, 0.4) is 0 Å². The largest absolute Gasteiger partial charge is 0.493 e. The standard InChI is InChI=1S/C17H17ClFN7O2/c1-28-15-10(3-2-4-13(15)19)5-21-16-12(18)7-22-17(25-16)24-11-6-23-26(8-11)9-14(20)27/h2-4,6-8H,5,9H2,1H3,(H2,20,27)(H2,21,22,24,25). The number of benzene rings is 1. The second-order valence-electron chi connectivity index (χ2n) is 5.69. The number of methoxy groups -OCH3 is 1. The lowest BCUT2D eigenvalue weighted by Gasteiger charge is -2.12. The predicted octanol–water partition coefficient (Wildman–Crippen LogP) is 2.32. The lowest BCUT2D eigenvalue weighted by molar-refractivity contribution is -0.118. The van der Waals surface area contributed by atoms with Crippen LogP contribution in [0.15, 0.2) is 36.8 Å². The van der Waals surface area contributed by atoms with Crippen LogP contribution in [-0.4, -0.2) is 32.8 Å². The van der Waals surface area contributed by atoms with Crippen molar-refractivity contribution >= 4 is 35.0 Å². The minimum atomic E-state index is -0.503. The van der Waals surface area contributed by atoms with E-state index >= 15 is 0 Å². The van der Waals surface area contributed by atoms with Crippen LogP contribution in [0, 0.1) is 5.82 Å². The number of ether oxygens (including phenoxy) is 1. The molecule has 0 bridgehead atoms. The number of rotatable bonds is 8. The number of hydrogen-bond donors (Lipinski definition) is 3. The number of nitrogens with zero attached hydrogens (tertiary/aromatic N) is 4. The van der Waals surface area contributed by atoms with Gasteiger partial charge in [0.05, 0.1) is 25.2 Å². The summed E-state index contributed by atoms with van der Waals surface area (Å²) in [6.45, 7) is 0.207. The van der Waals surface area contributed by atoms with E-state index in [0.717, 1.165) is 0 Å². The van der Waals surface area contributed by atoms with Crippen LogP contribution in [0.4, 0.5) is 21.8 Å². The number of nitrogens with two attached hydrogens (primary N) is 1. The van der Waals surface area contributed by atoms with Gasteiger partial charge < -0.3 is 21.1 Å². The third-order valence-corrected chi connectivity index (χ3v) is 3.93. The number of carbonyl (C=O) groups excluding carboxylic acids is 1. The lowest BCUT2D eigenvalue weighted by Crippen LogP contribution is -2.18. The highest BCUT2D eigenvalue weighted by Crippen LogP contribution is 2.25. The van der Waals surface area contributed by atoms with Crippen molar-refractivity contribution in [3.63, 3.8) is 0 Å². The second kappa shape index (κ2) is 8.53. The number of nitrogens with one attached hydrogen (secondary N) is 2. The van der Waals surface area contributed by atoms with Gasteiger partial charge in [-0.25, -0.2) is 9.37 Å². The Morgan fingerprint density at radius 1 is 1.39 bits per heavy atom. The van der Waals surface area contributed by atoms with Gasteiger partial charge in [-0.15, -0.1) is 0 Å². The fraction of sp³-hybridized carbons (Fsp3) is 0.176. The topological polar surface area (TPSA) is 120 Å². The van der Waals surface area contributed by atoms with E-state index in [1.54, 1.807) is 18.3 Å². The first-order valence-corrected chi connectivity index (χ1v) is 8.49. The Balaban J connectivity index is 1.72. The molecule has 0 saturated heterocycles. The molecule has 1 aromatic carbocycles. The molecule has 28 heavy (non-hydrogen) atoms. The van der Waals surface area contributed by atoms with Crippen molar-refractivity contribution in [2.75, 3.05) is 17.7 Å². The summed E-state index contributed by atoms with van der Waals surface area (Å²) in [6, 6.07) is 4.64. The fourth-order valence-electron chi connectivity index (χ4n) is 2.45. The maximum absolute atomic E-state index is 13.8. The molecule has 0 aliphatic heterocycles. The van der Waals surface area contributed by atoms with Gasteiger partial charge in [-0.05, 0) is 6.07 Å². The maximum atomic E-state index is 13.8. The summed E-state index contributed by atoms with van der Waals surface area (Å²) < 4.78 is 20.3. The zero-order chi connectivity index (χ0) is 20.1. The number of para-hydroxylation sites is 1. The van der Waals surface area contributed by atoms with Gasteiger partial charge in [-0.2, -0.15) is 10.1 Å². The van der Waals surface area contributed by atoms with E-state index in [4.69, 9.17) is 22.1 Å². The predicted molar refractivity (Wildman–Crippen MR) is 102 cm³/mol. The monoisotopic (exact) mass is 405 g/mol. The molecule has 0 radical (unpaired) electrons. The first-order chi connectivity index (χ1) is 13.5. The Morgan fingerprint density at radius 2 is 2.21 bits per heavy atom. The number of halogens is 2. The van der Waals surface area contributed by atoms with Crippen LogP contribution >= 0.6 is 11.6 Å². The molecule has 3 aromatic rings. The molecule has 0 unspecified atom stereocenters. The number of hydrogen-bond acceptors (Lipinski definition) is 7. The van der Waals surface area contributed by atoms with Gasteiger partial charge >= 0.3 is 0 Å². The summed E-state index contributed by atoms with van der Waals surface area (Å²) in [7, 11) is 1.40. The molecule has 0 aliphatic rings. The minimum Gasteiger partial charge on any atom is -0.493 e. The second-order valence-corrected chi connectivity index (χ2v) is 6.10. The molecule has 9 nitrogen and oxygen atoms in total. The van der Waals surface area contributed by atoms with Gasteiger partial charge in [0.25, 0.3) is 0 Å². The number of amides is 1. The van der Waals surface area contributed by atoms with Crippen molar-refractivity contribution in [2.24, 2.45) is 5.73 Å². The van der Waals surface area contributed by atoms with Crippen LogP contribution in [-0.2, 0) is 17.9 Å². The van der Waals surface area contributed by atoms with Crippen LogP contribution in [0.2, 0.25) is 5.02 Å². The van der Waals surface area contributed by atoms with E-state index < -0.39 is 11.7 Å². The Kier molecular flexibility index (Phi) is 5.90. The number of primary amides is 1. The van der Waals surface area contributed by atoms with Gasteiger partial charge in [-0.3, -0.25) is 9.48 Å². The van der Waals surface area contributed by atoms with Gasteiger partial charge in [0.1, 0.15) is 11.6 Å². The van der Waals surface area contributed by atoms with Crippen LogP contribution in [0.1, 0.15) is 5.56 Å². The number of aromatic nitrogens is 4. The molecule has 2 aromatic heterocycles. The number of carbonyl (C=O) groups is 1. The molecule has 0 aliphatic carbocycles. The molecule has 146 valence electrons. The third-order valence-electron chi connectivity index (χ3n) is 3.65. The molecule has 0 atom stereocenters. The highest BCUT2D eigenvalue weighted by Gasteiger charge is 2.11. The summed E-state index contributed by atoms with van der Waals surface area (Å²) in [4.78, 5) is 19.3. The highest BCUT2D eigenvalue weighted by molar-refractivity contribution is 6.32. The van der Waals surface area contributed by atoms with Gasteiger partial charge in [-0.1, -0.05) is 23.7 Å². The summed E-state index contributed by atoms with van der Waals surface area (Å²) in [5.74, 6) is -0.185. The third kappa shape index (κ3) is 4.65. The minimum absolute atomic E-state index is 0.0363. The summed E-state index contributed by atoms with van der Waals surface area (Å²) in [5.41, 5.74) is 6.32. The number of anilines is 3. The molecule has 4 N–H and O–H groups in total. The highest BCUT2D eigenvalue weighted by atomic mass is 35.5. The van der Waals surface area contributed by atoms with E-state index in [1.807, 2.05) is 0 Å². The molecule has 0 fully saturated rings. The van der Waals surface area contributed by atoms with E-state index in [1.165, 1.54) is 30.3 Å². The quantitative estimate of drug-likeness (QED) is 0.526. The molecular formula is C17H17ClFN7O2. The summed E-state index contributed by atoms with van der Waals surface area (Å²) >= 11 is 6.14. The summed E-state index contributed by atoms with van der Waals surface area (Å²) in [5, 5.41) is 10.3. The van der Waals surface area contributed by atoms with Crippen molar-refractivity contribution in [1.29, 1.82) is 0 Å². The van der Waals surface area contributed by atoms with Crippen LogP contribution in [0.25, 0.3) is 0 Å². The summed E-state index contributed by atoms with van der Waals surface area (Å²) in [6.07, 6.45) is 4.52. The van der Waals surface area contributed by atoms with Crippen molar-refractivity contribution in [1.82, 2.24) is 19.7 Å². The zero-order valence-electron chi connectivity index (χ0n) is 14.8. The Hall–Kier alpha value is -3.40. The fourth-order valence-corrected chi connectivity index (χ4v) is 2.61. The van der Waals surface area contributed by atoms with Gasteiger partial charge in [0.2, 0.25) is 11.9 Å². The normalized spacial score (nSPS) is 10.5. The first kappa shape index (κ1) is 19.4. The Labute approximate surface area is 164 Å². The van der Waals surface area contributed by atoms with Crippen molar-refractivity contribution < 1.29 is 13.9 Å². The zero-order valence-corrected chi connectivity index (χ0v) is 15.6. The van der Waals surface area contributed by atoms with Gasteiger partial charge in [0, 0.05) is 18.3 Å². The van der Waals surface area contributed by atoms with E-state index in [2.05, 4.69) is 25.7 Å². The molecule has 0 saturated carbocycles. The SMILES string of the molecule is COc1c(F)cccc1CNc1nc(Nc2cnn(CC(N)=O)c2)ncc1Cl. The molecule has 0 spiro atoms. The smallest absolute Gasteiger partial charge is 0.239 e. The van der Waals surface area contributed by atoms with Crippen LogP contribution < -0.4 is 21.1 Å². The Bertz CT molecular complexity index is 995. The first-order valence-electron chi connectivity index (χ1n) is 8.12. The van der Waals surface area contributed by atoms with Crippen molar-refractivity contribution in [2.45, 2.75) is 13.1 Å². The molecule has 2 heterocycles. The maximum Gasteiger partial charge on any atom is 0.239 e. The molecule has 1 amide bonds. The average Bonchev–Trinajstić information content (AvgIpc) is 3.08.